The van der Waals surface area contributed by atoms with E-state index in [1.807, 2.05) is 13.0 Å². The number of hydrogen-bond donors (Lipinski definition) is 1. The van der Waals surface area contributed by atoms with Crippen LogP contribution in [0.25, 0.3) is 0 Å². The SMILES string of the molecule is CCNC(=O)c1ccc(C#N)nc1. The second-order valence-electron chi connectivity index (χ2n) is 2.40. The predicted molar refractivity (Wildman–Crippen MR) is 47.0 cm³/mol. The molecule has 0 aliphatic heterocycles. The molecule has 1 N–H and O–H groups in total. The van der Waals surface area contributed by atoms with Crippen molar-refractivity contribution in [1.29, 1.82) is 5.26 Å². The van der Waals surface area contributed by atoms with Gasteiger partial charge in [0.15, 0.2) is 0 Å². The Bertz CT molecular complexity index is 337. The summed E-state index contributed by atoms with van der Waals surface area (Å²) in [5.74, 6) is -0.167. The minimum atomic E-state index is -0.167. The summed E-state index contributed by atoms with van der Waals surface area (Å²) in [6, 6.07) is 4.98. The lowest BCUT2D eigenvalue weighted by atomic mass is 10.2. The van der Waals surface area contributed by atoms with Gasteiger partial charge in [0.05, 0.1) is 5.56 Å². The number of nitrogens with zero attached hydrogens (tertiary/aromatic N) is 2. The van der Waals surface area contributed by atoms with Crippen molar-refractivity contribution in [2.75, 3.05) is 6.54 Å². The van der Waals surface area contributed by atoms with Crippen LogP contribution in [0.15, 0.2) is 18.3 Å². The number of hydrogen-bond acceptors (Lipinski definition) is 3. The van der Waals surface area contributed by atoms with Gasteiger partial charge in [0.25, 0.3) is 5.91 Å². The molecule has 66 valence electrons. The zero-order valence-corrected chi connectivity index (χ0v) is 7.24. The first-order valence-electron chi connectivity index (χ1n) is 3.92. The van der Waals surface area contributed by atoms with Gasteiger partial charge in [-0.05, 0) is 19.1 Å². The van der Waals surface area contributed by atoms with E-state index in [2.05, 4.69) is 10.3 Å². The first-order valence-corrected chi connectivity index (χ1v) is 3.92. The van der Waals surface area contributed by atoms with Gasteiger partial charge in [-0.2, -0.15) is 5.26 Å². The van der Waals surface area contributed by atoms with Crippen LogP contribution < -0.4 is 5.32 Å². The highest BCUT2D eigenvalue weighted by Crippen LogP contribution is 1.98. The Morgan fingerprint density at radius 2 is 2.46 bits per heavy atom. The normalized spacial score (nSPS) is 8.92. The van der Waals surface area contributed by atoms with Gasteiger partial charge in [-0.3, -0.25) is 4.79 Å². The van der Waals surface area contributed by atoms with Crippen molar-refractivity contribution in [2.24, 2.45) is 0 Å². The van der Waals surface area contributed by atoms with E-state index >= 15 is 0 Å². The first kappa shape index (κ1) is 9.20. The van der Waals surface area contributed by atoms with Crippen molar-refractivity contribution in [3.8, 4) is 6.07 Å². The molecule has 0 bridgehead atoms. The van der Waals surface area contributed by atoms with Gasteiger partial charge in [0, 0.05) is 12.7 Å². The Balaban J connectivity index is 2.81. The Morgan fingerprint density at radius 3 is 2.92 bits per heavy atom. The lowest BCUT2D eigenvalue weighted by Crippen LogP contribution is -2.22. The molecular weight excluding hydrogens is 166 g/mol. The summed E-state index contributed by atoms with van der Waals surface area (Å²) in [4.78, 5) is 15.0. The zero-order chi connectivity index (χ0) is 9.68. The van der Waals surface area contributed by atoms with Gasteiger partial charge in [-0.15, -0.1) is 0 Å². The number of nitrogens with one attached hydrogen (secondary N) is 1. The minimum Gasteiger partial charge on any atom is -0.352 e. The standard InChI is InChI=1S/C9H9N3O/c1-2-11-9(13)7-3-4-8(5-10)12-6-7/h3-4,6H,2H2,1H3,(H,11,13). The molecule has 1 aromatic heterocycles. The molecule has 1 amide bonds. The maximum Gasteiger partial charge on any atom is 0.252 e. The molecule has 13 heavy (non-hydrogen) atoms. The predicted octanol–water partition coefficient (Wildman–Crippen LogP) is 0.703. The molecule has 0 atom stereocenters. The fourth-order valence-corrected chi connectivity index (χ4v) is 0.857. The molecule has 0 fully saturated rings. The summed E-state index contributed by atoms with van der Waals surface area (Å²) in [6.45, 7) is 2.42. The number of carbonyl (C=O) groups excluding carboxylic acids is 1. The summed E-state index contributed by atoms with van der Waals surface area (Å²) in [5.41, 5.74) is 0.786. The average Bonchev–Trinajstić information content (AvgIpc) is 2.18. The molecular formula is C9H9N3O. The van der Waals surface area contributed by atoms with E-state index in [0.29, 0.717) is 17.8 Å². The number of nitriles is 1. The summed E-state index contributed by atoms with van der Waals surface area (Å²) in [5, 5.41) is 11.1. The van der Waals surface area contributed by atoms with Crippen LogP contribution in [0.4, 0.5) is 0 Å². The molecule has 0 spiro atoms. The number of aromatic nitrogens is 1. The maximum atomic E-state index is 11.2. The molecule has 0 unspecified atom stereocenters. The highest BCUT2D eigenvalue weighted by molar-refractivity contribution is 5.93. The Labute approximate surface area is 76.2 Å². The highest BCUT2D eigenvalue weighted by Gasteiger charge is 2.03. The molecule has 4 nitrogen and oxygen atoms in total. The van der Waals surface area contributed by atoms with Crippen LogP contribution in [-0.4, -0.2) is 17.4 Å². The van der Waals surface area contributed by atoms with Gasteiger partial charge < -0.3 is 5.32 Å². The smallest absolute Gasteiger partial charge is 0.252 e. The van der Waals surface area contributed by atoms with Gasteiger partial charge in [-0.25, -0.2) is 4.98 Å². The summed E-state index contributed by atoms with van der Waals surface area (Å²) in [7, 11) is 0. The van der Waals surface area contributed by atoms with Crippen molar-refractivity contribution in [1.82, 2.24) is 10.3 Å². The number of amides is 1. The van der Waals surface area contributed by atoms with Gasteiger partial charge in [0.1, 0.15) is 11.8 Å². The van der Waals surface area contributed by atoms with Crippen molar-refractivity contribution >= 4 is 5.91 Å². The zero-order valence-electron chi connectivity index (χ0n) is 7.24. The van der Waals surface area contributed by atoms with Crippen molar-refractivity contribution in [3.05, 3.63) is 29.6 Å². The molecule has 1 rings (SSSR count). The molecule has 0 aliphatic rings. The molecule has 0 saturated carbocycles. The van der Waals surface area contributed by atoms with Crippen molar-refractivity contribution in [3.63, 3.8) is 0 Å². The van der Waals surface area contributed by atoms with E-state index in [-0.39, 0.29) is 5.91 Å². The second-order valence-corrected chi connectivity index (χ2v) is 2.40. The third-order valence-corrected chi connectivity index (χ3v) is 1.48. The summed E-state index contributed by atoms with van der Waals surface area (Å²) in [6.07, 6.45) is 1.39. The minimum absolute atomic E-state index is 0.167. The molecule has 4 heteroatoms. The van der Waals surface area contributed by atoms with Crippen molar-refractivity contribution in [2.45, 2.75) is 6.92 Å². The van der Waals surface area contributed by atoms with E-state index in [0.717, 1.165) is 0 Å². The molecule has 0 aromatic carbocycles. The first-order chi connectivity index (χ1) is 6.27. The Hall–Kier alpha value is -1.89. The fourth-order valence-electron chi connectivity index (χ4n) is 0.857. The van der Waals surface area contributed by atoms with Crippen LogP contribution >= 0.6 is 0 Å². The van der Waals surface area contributed by atoms with Crippen LogP contribution in [0.2, 0.25) is 0 Å². The number of pyridine rings is 1. The molecule has 0 aliphatic carbocycles. The van der Waals surface area contributed by atoms with Crippen LogP contribution in [0.1, 0.15) is 23.0 Å². The van der Waals surface area contributed by atoms with Crippen LogP contribution in [0, 0.1) is 11.3 Å². The topological polar surface area (TPSA) is 65.8 Å². The molecule has 0 saturated heterocycles. The maximum absolute atomic E-state index is 11.2. The van der Waals surface area contributed by atoms with Crippen molar-refractivity contribution < 1.29 is 4.79 Å². The molecule has 1 heterocycles. The quantitative estimate of drug-likeness (QED) is 0.719. The van der Waals surface area contributed by atoms with E-state index in [4.69, 9.17) is 5.26 Å². The highest BCUT2D eigenvalue weighted by atomic mass is 16.1. The fraction of sp³-hybridized carbons (Fsp3) is 0.222. The molecule has 0 radical (unpaired) electrons. The van der Waals surface area contributed by atoms with Crippen LogP contribution in [0.5, 0.6) is 0 Å². The van der Waals surface area contributed by atoms with E-state index in [1.165, 1.54) is 12.3 Å². The van der Waals surface area contributed by atoms with E-state index in [1.54, 1.807) is 6.07 Å². The lowest BCUT2D eigenvalue weighted by Gasteiger charge is -2.00. The Morgan fingerprint density at radius 1 is 1.69 bits per heavy atom. The van der Waals surface area contributed by atoms with E-state index in [9.17, 15) is 4.79 Å². The van der Waals surface area contributed by atoms with Crippen LogP contribution in [-0.2, 0) is 0 Å². The third kappa shape index (κ3) is 2.27. The van der Waals surface area contributed by atoms with Gasteiger partial charge in [0.2, 0.25) is 0 Å². The Kier molecular flexibility index (Phi) is 2.98. The van der Waals surface area contributed by atoms with Crippen LogP contribution in [0.3, 0.4) is 0 Å². The number of carbonyl (C=O) groups is 1. The summed E-state index contributed by atoms with van der Waals surface area (Å²) < 4.78 is 0. The van der Waals surface area contributed by atoms with E-state index < -0.39 is 0 Å². The largest absolute Gasteiger partial charge is 0.352 e. The summed E-state index contributed by atoms with van der Waals surface area (Å²) >= 11 is 0. The number of rotatable bonds is 2. The third-order valence-electron chi connectivity index (χ3n) is 1.48. The lowest BCUT2D eigenvalue weighted by molar-refractivity contribution is 0.0955. The average molecular weight is 175 g/mol. The molecule has 1 aromatic rings. The van der Waals surface area contributed by atoms with Gasteiger partial charge in [-0.1, -0.05) is 0 Å². The second kappa shape index (κ2) is 4.21. The van der Waals surface area contributed by atoms with Gasteiger partial charge >= 0.3 is 0 Å². The monoisotopic (exact) mass is 175 g/mol.